The third-order valence-corrected chi connectivity index (χ3v) is 6.06. The van der Waals surface area contributed by atoms with Gasteiger partial charge in [0.05, 0.1) is 29.6 Å². The first kappa shape index (κ1) is 20.9. The van der Waals surface area contributed by atoms with Crippen molar-refractivity contribution in [2.45, 2.75) is 32.7 Å². The summed E-state index contributed by atoms with van der Waals surface area (Å²) in [5, 5.41) is 18.0. The summed E-state index contributed by atoms with van der Waals surface area (Å²) in [4.78, 5) is 16.7. The number of aliphatic carboxylic acids is 1. The Kier molecular flexibility index (Phi) is 5.17. The van der Waals surface area contributed by atoms with Gasteiger partial charge in [-0.25, -0.2) is 0 Å². The van der Waals surface area contributed by atoms with E-state index in [4.69, 9.17) is 9.52 Å². The fraction of sp³-hybridized carbons (Fsp3) is 0.231. The van der Waals surface area contributed by atoms with Gasteiger partial charge in [0.25, 0.3) is 0 Å². The summed E-state index contributed by atoms with van der Waals surface area (Å²) in [5.41, 5.74) is 8.29. The monoisotopic (exact) mass is 440 g/mol. The lowest BCUT2D eigenvalue weighted by atomic mass is 9.90. The van der Waals surface area contributed by atoms with Crippen LogP contribution in [0.15, 0.2) is 64.4 Å². The number of nitrogens with zero attached hydrogens (tertiary/aromatic N) is 4. The van der Waals surface area contributed by atoms with Gasteiger partial charge in [-0.1, -0.05) is 48.5 Å². The number of hydrogen-bond acceptors (Lipinski definition) is 5. The van der Waals surface area contributed by atoms with Crippen LogP contribution in [0, 0.1) is 6.92 Å². The second kappa shape index (κ2) is 8.16. The number of aromatic nitrogens is 3. The van der Waals surface area contributed by atoms with Crippen molar-refractivity contribution in [3.8, 4) is 22.3 Å². The molecule has 0 spiro atoms. The summed E-state index contributed by atoms with van der Waals surface area (Å²) in [6, 6.07) is 13.8. The number of benzene rings is 2. The molecule has 7 heteroatoms. The molecule has 7 nitrogen and oxygen atoms in total. The van der Waals surface area contributed by atoms with E-state index >= 15 is 0 Å². The summed E-state index contributed by atoms with van der Waals surface area (Å²) in [5.74, 6) is -0.447. The molecule has 0 radical (unpaired) electrons. The Labute approximate surface area is 191 Å². The lowest BCUT2D eigenvalue weighted by Crippen LogP contribution is -2.09. The molecule has 0 amide bonds. The SMILES string of the molecule is CCc1ccc(C2=NC(CC(=O)O)c3onc(C)c3-c3ccc(-c4cnn(C)c4)cc32)cc1. The predicted molar refractivity (Wildman–Crippen MR) is 125 cm³/mol. The van der Waals surface area contributed by atoms with Crippen molar-refractivity contribution in [1.29, 1.82) is 0 Å². The first-order chi connectivity index (χ1) is 15.9. The van der Waals surface area contributed by atoms with Gasteiger partial charge in [0.2, 0.25) is 0 Å². The van der Waals surface area contributed by atoms with Gasteiger partial charge in [-0.2, -0.15) is 5.10 Å². The lowest BCUT2D eigenvalue weighted by molar-refractivity contribution is -0.137. The highest BCUT2D eigenvalue weighted by atomic mass is 16.5. The van der Waals surface area contributed by atoms with Crippen LogP contribution in [0.1, 0.15) is 47.5 Å². The second-order valence-corrected chi connectivity index (χ2v) is 8.31. The number of aliphatic imine (C=N–C) groups is 1. The minimum Gasteiger partial charge on any atom is -0.481 e. The Morgan fingerprint density at radius 2 is 1.85 bits per heavy atom. The van der Waals surface area contributed by atoms with Crippen LogP contribution in [-0.4, -0.2) is 31.7 Å². The molecule has 0 saturated heterocycles. The van der Waals surface area contributed by atoms with E-state index in [9.17, 15) is 9.90 Å². The van der Waals surface area contributed by atoms with Crippen LogP contribution in [0.3, 0.4) is 0 Å². The van der Waals surface area contributed by atoms with Crippen molar-refractivity contribution in [1.82, 2.24) is 14.9 Å². The van der Waals surface area contributed by atoms with Gasteiger partial charge in [0.1, 0.15) is 6.04 Å². The van der Waals surface area contributed by atoms with Gasteiger partial charge >= 0.3 is 5.97 Å². The number of carbonyl (C=O) groups is 1. The highest BCUT2D eigenvalue weighted by molar-refractivity contribution is 6.17. The van der Waals surface area contributed by atoms with Crippen LogP contribution in [0.2, 0.25) is 0 Å². The number of rotatable bonds is 5. The molecule has 1 N–H and O–H groups in total. The molecule has 0 bridgehead atoms. The normalized spacial score (nSPS) is 14.9. The maximum absolute atomic E-state index is 11.7. The number of fused-ring (bicyclic) bond motifs is 3. The predicted octanol–water partition coefficient (Wildman–Crippen LogP) is 4.98. The number of aryl methyl sites for hydroxylation is 3. The van der Waals surface area contributed by atoms with E-state index in [-0.39, 0.29) is 6.42 Å². The minimum absolute atomic E-state index is 0.179. The topological polar surface area (TPSA) is 93.5 Å². The second-order valence-electron chi connectivity index (χ2n) is 8.31. The zero-order valence-electron chi connectivity index (χ0n) is 18.7. The molecule has 5 rings (SSSR count). The molecule has 4 aromatic rings. The van der Waals surface area contributed by atoms with E-state index in [1.807, 2.05) is 50.6 Å². The standard InChI is InChI=1S/C26H24N4O3/c1-4-16-5-7-17(8-6-16)25-21-11-18(19-13-27-30(3)14-19)9-10-20(21)24-15(2)29-33-26(24)22(28-25)12-23(31)32/h5-11,13-14,22H,4,12H2,1-3H3,(H,31,32). The quantitative estimate of drug-likeness (QED) is 0.472. The van der Waals surface area contributed by atoms with Gasteiger partial charge < -0.3 is 9.63 Å². The van der Waals surface area contributed by atoms with E-state index < -0.39 is 12.0 Å². The number of hydrogen-bond donors (Lipinski definition) is 1. The third kappa shape index (κ3) is 3.75. The van der Waals surface area contributed by atoms with Crippen LogP contribution < -0.4 is 0 Å². The molecule has 3 heterocycles. The van der Waals surface area contributed by atoms with Gasteiger partial charge in [-0.05, 0) is 36.1 Å². The van der Waals surface area contributed by atoms with Crippen LogP contribution >= 0.6 is 0 Å². The Morgan fingerprint density at radius 1 is 1.09 bits per heavy atom. The Bertz CT molecular complexity index is 1380. The van der Waals surface area contributed by atoms with Crippen molar-refractivity contribution in [3.63, 3.8) is 0 Å². The first-order valence-electron chi connectivity index (χ1n) is 10.9. The van der Waals surface area contributed by atoms with Crippen LogP contribution in [0.4, 0.5) is 0 Å². The van der Waals surface area contributed by atoms with Crippen molar-refractivity contribution in [2.24, 2.45) is 12.0 Å². The van der Waals surface area contributed by atoms with Gasteiger partial charge in [-0.15, -0.1) is 0 Å². The fourth-order valence-corrected chi connectivity index (χ4v) is 4.37. The first-order valence-corrected chi connectivity index (χ1v) is 10.9. The van der Waals surface area contributed by atoms with Crippen LogP contribution in [0.5, 0.6) is 0 Å². The molecule has 2 aromatic heterocycles. The molecule has 1 aliphatic heterocycles. The van der Waals surface area contributed by atoms with Gasteiger partial charge in [0, 0.05) is 29.9 Å². The highest BCUT2D eigenvalue weighted by Gasteiger charge is 2.32. The highest BCUT2D eigenvalue weighted by Crippen LogP contribution is 2.42. The van der Waals surface area contributed by atoms with Gasteiger partial charge in [-0.3, -0.25) is 14.5 Å². The average molecular weight is 441 g/mol. The van der Waals surface area contributed by atoms with Crippen molar-refractivity contribution < 1.29 is 14.4 Å². The zero-order valence-corrected chi connectivity index (χ0v) is 18.7. The summed E-state index contributed by atoms with van der Waals surface area (Å²) in [6.07, 6.45) is 4.56. The van der Waals surface area contributed by atoms with E-state index in [0.29, 0.717) is 11.5 Å². The molecule has 0 aliphatic carbocycles. The molecular formula is C26H24N4O3. The van der Waals surface area contributed by atoms with Crippen LogP contribution in [-0.2, 0) is 18.3 Å². The molecule has 166 valence electrons. The molecule has 1 unspecified atom stereocenters. The molecule has 0 saturated carbocycles. The fourth-order valence-electron chi connectivity index (χ4n) is 4.37. The molecule has 0 fully saturated rings. The largest absolute Gasteiger partial charge is 0.481 e. The van der Waals surface area contributed by atoms with E-state index in [0.717, 1.165) is 45.5 Å². The Balaban J connectivity index is 1.77. The summed E-state index contributed by atoms with van der Waals surface area (Å²) >= 11 is 0. The Hall–Kier alpha value is -4.00. The smallest absolute Gasteiger partial charge is 0.306 e. The lowest BCUT2D eigenvalue weighted by Gasteiger charge is -2.13. The average Bonchev–Trinajstić information content (AvgIpc) is 3.38. The number of carboxylic acids is 1. The van der Waals surface area contributed by atoms with Crippen molar-refractivity contribution in [3.05, 3.63) is 83.0 Å². The van der Waals surface area contributed by atoms with E-state index in [1.165, 1.54) is 5.56 Å². The zero-order chi connectivity index (χ0) is 23.1. The minimum atomic E-state index is -0.938. The van der Waals surface area contributed by atoms with Crippen molar-refractivity contribution >= 4 is 11.7 Å². The molecular weight excluding hydrogens is 416 g/mol. The maximum atomic E-state index is 11.7. The Morgan fingerprint density at radius 3 is 2.52 bits per heavy atom. The third-order valence-electron chi connectivity index (χ3n) is 6.06. The van der Waals surface area contributed by atoms with Gasteiger partial charge in [0.15, 0.2) is 5.76 Å². The molecule has 2 aromatic carbocycles. The van der Waals surface area contributed by atoms with E-state index in [2.05, 4.69) is 35.4 Å². The van der Waals surface area contributed by atoms with Crippen LogP contribution in [0.25, 0.3) is 22.3 Å². The summed E-state index contributed by atoms with van der Waals surface area (Å²) in [6.45, 7) is 3.99. The van der Waals surface area contributed by atoms with Crippen molar-refractivity contribution in [2.75, 3.05) is 0 Å². The summed E-state index contributed by atoms with van der Waals surface area (Å²) in [7, 11) is 1.89. The number of carboxylic acid groups (broad SMARTS) is 1. The van der Waals surface area contributed by atoms with E-state index in [1.54, 1.807) is 4.68 Å². The maximum Gasteiger partial charge on any atom is 0.306 e. The summed E-state index contributed by atoms with van der Waals surface area (Å²) < 4.78 is 7.41. The molecule has 1 atom stereocenters. The molecule has 33 heavy (non-hydrogen) atoms. The molecule has 1 aliphatic rings.